The van der Waals surface area contributed by atoms with Crippen LogP contribution in [0.5, 0.6) is 0 Å². The number of likely N-dealkylation sites (tertiary alicyclic amines) is 2. The van der Waals surface area contributed by atoms with Gasteiger partial charge in [0.2, 0.25) is 0 Å². The van der Waals surface area contributed by atoms with Crippen LogP contribution in [0.4, 0.5) is 0 Å². The third-order valence-corrected chi connectivity index (χ3v) is 5.81. The van der Waals surface area contributed by atoms with E-state index in [1.54, 1.807) is 0 Å². The van der Waals surface area contributed by atoms with Gasteiger partial charge in [0.05, 0.1) is 24.6 Å². The second-order valence-corrected chi connectivity index (χ2v) is 8.43. The van der Waals surface area contributed by atoms with Gasteiger partial charge in [-0.2, -0.15) is 0 Å². The Morgan fingerprint density at radius 3 is 2.04 bits per heavy atom. The summed E-state index contributed by atoms with van der Waals surface area (Å²) in [4.78, 5) is 4.65. The number of ether oxygens (including phenoxy) is 2. The van der Waals surface area contributed by atoms with Gasteiger partial charge in [-0.3, -0.25) is 0 Å². The van der Waals surface area contributed by atoms with Gasteiger partial charge in [0.25, 0.3) is 0 Å². The molecule has 2 aliphatic heterocycles. The van der Waals surface area contributed by atoms with Crippen LogP contribution >= 0.6 is 0 Å². The molecule has 2 N–H and O–H groups in total. The lowest BCUT2D eigenvalue weighted by atomic mass is 10.1. The molecule has 3 atom stereocenters. The highest BCUT2D eigenvalue weighted by Crippen LogP contribution is 2.18. The molecular formula is C22H38N2O4. The maximum Gasteiger partial charge on any atom is 0.115 e. The zero-order valence-corrected chi connectivity index (χ0v) is 17.2. The summed E-state index contributed by atoms with van der Waals surface area (Å²) in [6.45, 7) is 6.37. The van der Waals surface area contributed by atoms with E-state index in [1.807, 2.05) is 18.2 Å². The molecule has 28 heavy (non-hydrogen) atoms. The van der Waals surface area contributed by atoms with Crippen molar-refractivity contribution in [2.75, 3.05) is 52.5 Å². The van der Waals surface area contributed by atoms with Crippen LogP contribution in [0.15, 0.2) is 24.0 Å². The lowest BCUT2D eigenvalue weighted by Gasteiger charge is -2.29. The van der Waals surface area contributed by atoms with Crippen molar-refractivity contribution in [3.63, 3.8) is 0 Å². The molecule has 0 saturated carbocycles. The van der Waals surface area contributed by atoms with Crippen LogP contribution in [0.2, 0.25) is 0 Å². The van der Waals surface area contributed by atoms with Gasteiger partial charge in [0, 0.05) is 19.5 Å². The maximum atomic E-state index is 10.3. The first kappa shape index (κ1) is 21.8. The number of rotatable bonds is 10. The van der Waals surface area contributed by atoms with Gasteiger partial charge in [-0.15, -0.1) is 0 Å². The van der Waals surface area contributed by atoms with Gasteiger partial charge in [0.1, 0.15) is 12.7 Å². The highest BCUT2D eigenvalue weighted by atomic mass is 16.5. The second-order valence-electron chi connectivity index (χ2n) is 8.43. The number of aliphatic hydroxyl groups excluding tert-OH is 2. The van der Waals surface area contributed by atoms with E-state index in [2.05, 4.69) is 9.80 Å². The molecule has 6 nitrogen and oxygen atoms in total. The molecule has 0 spiro atoms. The summed E-state index contributed by atoms with van der Waals surface area (Å²) in [6, 6.07) is 0. The molecule has 1 aliphatic carbocycles. The molecule has 0 amide bonds. The standard InChI is InChI=1S/C22H38N2O4/c25-19(15-23-10-3-1-4-11-23)17-27-21-8-7-9-22(14-21)28-18-20(26)16-24-12-5-2-6-13-24/h7-9,19-21,25-26H,1-6,10-18H2/t19-,20-,21?/m1/s1. The summed E-state index contributed by atoms with van der Waals surface area (Å²) in [5, 5.41) is 20.5. The summed E-state index contributed by atoms with van der Waals surface area (Å²) in [7, 11) is 0. The Morgan fingerprint density at radius 2 is 1.43 bits per heavy atom. The summed E-state index contributed by atoms with van der Waals surface area (Å²) >= 11 is 0. The number of nitrogens with zero attached hydrogens (tertiary/aromatic N) is 2. The fourth-order valence-electron chi connectivity index (χ4n) is 4.27. The normalized spacial score (nSPS) is 26.6. The molecule has 3 aliphatic rings. The molecule has 160 valence electrons. The Bertz CT molecular complexity index is 499. The Balaban J connectivity index is 1.30. The van der Waals surface area contributed by atoms with Gasteiger partial charge in [-0.05, 0) is 57.9 Å². The van der Waals surface area contributed by atoms with Crippen molar-refractivity contribution >= 4 is 0 Å². The third kappa shape index (κ3) is 7.84. The van der Waals surface area contributed by atoms with E-state index in [1.165, 1.54) is 38.5 Å². The number of allylic oxidation sites excluding steroid dienone is 2. The molecule has 0 aromatic rings. The van der Waals surface area contributed by atoms with Crippen molar-refractivity contribution in [2.24, 2.45) is 0 Å². The molecule has 1 unspecified atom stereocenters. The lowest BCUT2D eigenvalue weighted by molar-refractivity contribution is -0.0155. The maximum absolute atomic E-state index is 10.3. The van der Waals surface area contributed by atoms with Gasteiger partial charge in [-0.1, -0.05) is 25.0 Å². The minimum absolute atomic E-state index is 0.0738. The zero-order valence-electron chi connectivity index (χ0n) is 17.2. The lowest BCUT2D eigenvalue weighted by Crippen LogP contribution is -2.39. The van der Waals surface area contributed by atoms with Crippen molar-refractivity contribution in [1.82, 2.24) is 9.80 Å². The average Bonchev–Trinajstić information content (AvgIpc) is 2.73. The second kappa shape index (κ2) is 11.9. The Morgan fingerprint density at radius 1 is 0.857 bits per heavy atom. The molecule has 0 aromatic carbocycles. The number of β-amino-alcohol motifs (C(OH)–C–C–N with tert-alkyl or cyclic N) is 2. The predicted octanol–water partition coefficient (Wildman–Crippen LogP) is 1.93. The van der Waals surface area contributed by atoms with Crippen molar-refractivity contribution in [3.05, 3.63) is 24.0 Å². The van der Waals surface area contributed by atoms with Crippen LogP contribution in [0.25, 0.3) is 0 Å². The Kier molecular flexibility index (Phi) is 9.28. The summed E-state index contributed by atoms with van der Waals surface area (Å²) < 4.78 is 11.7. The Labute approximate surface area is 169 Å². The fraction of sp³-hybridized carbons (Fsp3) is 0.818. The van der Waals surface area contributed by atoms with Crippen LogP contribution in [0, 0.1) is 0 Å². The molecule has 0 radical (unpaired) electrons. The smallest absolute Gasteiger partial charge is 0.115 e. The molecular weight excluding hydrogens is 356 g/mol. The highest BCUT2D eigenvalue weighted by molar-refractivity contribution is 5.17. The van der Waals surface area contributed by atoms with Crippen LogP contribution < -0.4 is 0 Å². The Hall–Kier alpha value is -0.920. The van der Waals surface area contributed by atoms with Crippen molar-refractivity contribution in [3.8, 4) is 0 Å². The first-order valence-corrected chi connectivity index (χ1v) is 11.1. The minimum atomic E-state index is -0.462. The van der Waals surface area contributed by atoms with Gasteiger partial charge in [-0.25, -0.2) is 0 Å². The van der Waals surface area contributed by atoms with E-state index < -0.39 is 12.2 Å². The van der Waals surface area contributed by atoms with Crippen molar-refractivity contribution in [2.45, 2.75) is 63.3 Å². The summed E-state index contributed by atoms with van der Waals surface area (Å²) in [6.07, 6.45) is 13.1. The zero-order chi connectivity index (χ0) is 19.6. The SMILES string of the molecule is O[C@@H](COC1=CC=CC(OC[C@H](O)CN2CCCCC2)C1)CN1CCCCC1. The summed E-state index contributed by atoms with van der Waals surface area (Å²) in [5.41, 5.74) is 0. The first-order chi connectivity index (χ1) is 13.7. The molecule has 3 rings (SSSR count). The van der Waals surface area contributed by atoms with Crippen LogP contribution in [0.1, 0.15) is 44.9 Å². The predicted molar refractivity (Wildman–Crippen MR) is 110 cm³/mol. The molecule has 2 fully saturated rings. The third-order valence-electron chi connectivity index (χ3n) is 5.81. The fourth-order valence-corrected chi connectivity index (χ4v) is 4.27. The summed E-state index contributed by atoms with van der Waals surface area (Å²) in [5.74, 6) is 0.843. The van der Waals surface area contributed by atoms with Crippen LogP contribution in [-0.4, -0.2) is 90.8 Å². The van der Waals surface area contributed by atoms with E-state index in [-0.39, 0.29) is 6.10 Å². The molecule has 0 aromatic heterocycles. The number of piperidine rings is 2. The number of hydrogen-bond acceptors (Lipinski definition) is 6. The quantitative estimate of drug-likeness (QED) is 0.590. The van der Waals surface area contributed by atoms with E-state index >= 15 is 0 Å². The van der Waals surface area contributed by atoms with Crippen molar-refractivity contribution in [1.29, 1.82) is 0 Å². The van der Waals surface area contributed by atoms with E-state index in [4.69, 9.17) is 9.47 Å². The topological polar surface area (TPSA) is 65.4 Å². The van der Waals surface area contributed by atoms with Gasteiger partial charge < -0.3 is 29.5 Å². The van der Waals surface area contributed by atoms with Crippen LogP contribution in [-0.2, 0) is 9.47 Å². The van der Waals surface area contributed by atoms with Crippen molar-refractivity contribution < 1.29 is 19.7 Å². The minimum Gasteiger partial charge on any atom is -0.495 e. The number of hydrogen-bond donors (Lipinski definition) is 2. The molecule has 2 saturated heterocycles. The highest BCUT2D eigenvalue weighted by Gasteiger charge is 2.19. The molecule has 6 heteroatoms. The number of aliphatic hydroxyl groups is 2. The first-order valence-electron chi connectivity index (χ1n) is 11.1. The molecule has 2 heterocycles. The van der Waals surface area contributed by atoms with E-state index in [0.29, 0.717) is 32.7 Å². The van der Waals surface area contributed by atoms with Gasteiger partial charge >= 0.3 is 0 Å². The van der Waals surface area contributed by atoms with E-state index in [9.17, 15) is 10.2 Å². The largest absolute Gasteiger partial charge is 0.495 e. The van der Waals surface area contributed by atoms with E-state index in [0.717, 1.165) is 31.9 Å². The average molecular weight is 395 g/mol. The molecule has 0 bridgehead atoms. The van der Waals surface area contributed by atoms with Gasteiger partial charge in [0.15, 0.2) is 0 Å². The monoisotopic (exact) mass is 394 g/mol. The van der Waals surface area contributed by atoms with Crippen LogP contribution in [0.3, 0.4) is 0 Å².